The Kier molecular flexibility index (Phi) is 7.81. The maximum absolute atomic E-state index is 12.6. The molecule has 1 fully saturated rings. The monoisotopic (exact) mass is 442 g/mol. The van der Waals surface area contributed by atoms with E-state index in [-0.39, 0.29) is 24.2 Å². The molecule has 172 valence electrons. The second-order valence-corrected chi connectivity index (χ2v) is 7.59. The lowest BCUT2D eigenvalue weighted by Gasteiger charge is -2.17. The minimum absolute atomic E-state index is 0.00302. The van der Waals surface area contributed by atoms with Crippen LogP contribution in [0.5, 0.6) is 23.0 Å². The van der Waals surface area contributed by atoms with Crippen LogP contribution in [0.2, 0.25) is 0 Å². The van der Waals surface area contributed by atoms with Crippen molar-refractivity contribution in [1.29, 1.82) is 0 Å². The molecule has 2 aromatic rings. The van der Waals surface area contributed by atoms with Crippen molar-refractivity contribution in [3.8, 4) is 23.0 Å². The number of carbonyl (C=O) groups excluding carboxylic acids is 2. The summed E-state index contributed by atoms with van der Waals surface area (Å²) in [5, 5.41) is 2.93. The largest absolute Gasteiger partial charge is 0.493 e. The minimum atomic E-state index is -0.354. The smallest absolute Gasteiger partial charge is 0.225 e. The Labute approximate surface area is 188 Å². The normalized spacial score (nSPS) is 15.4. The molecule has 32 heavy (non-hydrogen) atoms. The number of amides is 2. The van der Waals surface area contributed by atoms with Gasteiger partial charge in [0, 0.05) is 26.1 Å². The molecule has 0 unspecified atom stereocenters. The van der Waals surface area contributed by atoms with Gasteiger partial charge in [0.1, 0.15) is 0 Å². The molecule has 0 spiro atoms. The second kappa shape index (κ2) is 10.7. The Morgan fingerprint density at radius 2 is 1.47 bits per heavy atom. The number of nitrogens with one attached hydrogen (secondary N) is 1. The van der Waals surface area contributed by atoms with Crippen LogP contribution in [0.4, 0.5) is 0 Å². The van der Waals surface area contributed by atoms with Crippen LogP contribution in [-0.2, 0) is 22.6 Å². The molecule has 2 aromatic carbocycles. The predicted octanol–water partition coefficient (Wildman–Crippen LogP) is 2.43. The molecular formula is C24H30N2O6. The van der Waals surface area contributed by atoms with Gasteiger partial charge in [-0.1, -0.05) is 12.1 Å². The van der Waals surface area contributed by atoms with E-state index in [0.717, 1.165) is 11.1 Å². The summed E-state index contributed by atoms with van der Waals surface area (Å²) in [4.78, 5) is 26.8. The highest BCUT2D eigenvalue weighted by Crippen LogP contribution is 2.29. The van der Waals surface area contributed by atoms with E-state index >= 15 is 0 Å². The third kappa shape index (κ3) is 5.43. The van der Waals surface area contributed by atoms with E-state index in [1.165, 1.54) is 0 Å². The summed E-state index contributed by atoms with van der Waals surface area (Å²) in [6.07, 6.45) is 0.899. The number of carbonyl (C=O) groups is 2. The fraction of sp³-hybridized carbons (Fsp3) is 0.417. The van der Waals surface area contributed by atoms with Gasteiger partial charge >= 0.3 is 0 Å². The summed E-state index contributed by atoms with van der Waals surface area (Å²) in [7, 11) is 6.34. The molecule has 0 radical (unpaired) electrons. The zero-order chi connectivity index (χ0) is 23.1. The van der Waals surface area contributed by atoms with Gasteiger partial charge in [-0.25, -0.2) is 0 Å². The first-order chi connectivity index (χ1) is 15.5. The van der Waals surface area contributed by atoms with Crippen molar-refractivity contribution in [3.63, 3.8) is 0 Å². The quantitative estimate of drug-likeness (QED) is 0.608. The number of benzene rings is 2. The van der Waals surface area contributed by atoms with Gasteiger partial charge in [0.05, 0.1) is 34.4 Å². The van der Waals surface area contributed by atoms with E-state index < -0.39 is 0 Å². The fourth-order valence-corrected chi connectivity index (χ4v) is 3.79. The second-order valence-electron chi connectivity index (χ2n) is 7.59. The van der Waals surface area contributed by atoms with Gasteiger partial charge in [-0.05, 0) is 41.8 Å². The first kappa shape index (κ1) is 23.2. The van der Waals surface area contributed by atoms with Gasteiger partial charge in [0.2, 0.25) is 11.8 Å². The number of ether oxygens (including phenoxy) is 4. The highest BCUT2D eigenvalue weighted by Gasteiger charge is 2.33. The molecule has 2 amide bonds. The van der Waals surface area contributed by atoms with E-state index in [4.69, 9.17) is 18.9 Å². The topological polar surface area (TPSA) is 86.3 Å². The van der Waals surface area contributed by atoms with Crippen LogP contribution in [-0.4, -0.2) is 58.2 Å². The van der Waals surface area contributed by atoms with Crippen LogP contribution in [0.1, 0.15) is 17.5 Å². The summed E-state index contributed by atoms with van der Waals surface area (Å²) in [5.41, 5.74) is 1.93. The Morgan fingerprint density at radius 1 is 0.906 bits per heavy atom. The summed E-state index contributed by atoms with van der Waals surface area (Å²) in [6, 6.07) is 11.2. The molecule has 8 heteroatoms. The van der Waals surface area contributed by atoms with Crippen LogP contribution in [0, 0.1) is 5.92 Å². The Bertz CT molecular complexity index is 962. The maximum atomic E-state index is 12.6. The minimum Gasteiger partial charge on any atom is -0.493 e. The zero-order valence-electron chi connectivity index (χ0n) is 19.0. The van der Waals surface area contributed by atoms with Gasteiger partial charge in [-0.3, -0.25) is 9.59 Å². The molecule has 0 bridgehead atoms. The molecule has 1 heterocycles. The average Bonchev–Trinajstić information content (AvgIpc) is 3.21. The van der Waals surface area contributed by atoms with E-state index in [9.17, 15) is 9.59 Å². The highest BCUT2D eigenvalue weighted by atomic mass is 16.5. The van der Waals surface area contributed by atoms with Crippen molar-refractivity contribution < 1.29 is 28.5 Å². The molecule has 1 N–H and O–H groups in total. The molecule has 3 rings (SSSR count). The summed E-state index contributed by atoms with van der Waals surface area (Å²) < 4.78 is 21.1. The number of nitrogens with zero attached hydrogens (tertiary/aromatic N) is 1. The lowest BCUT2D eigenvalue weighted by molar-refractivity contribution is -0.129. The SMILES string of the molecule is COc1ccc(CCN2C[C@@H](C(=O)NCc3ccc(OC)c(OC)c3)CC2=O)cc1OC. The number of hydrogen-bond acceptors (Lipinski definition) is 6. The first-order valence-electron chi connectivity index (χ1n) is 10.5. The van der Waals surface area contributed by atoms with E-state index in [0.29, 0.717) is 49.1 Å². The average molecular weight is 443 g/mol. The lowest BCUT2D eigenvalue weighted by Crippen LogP contribution is -2.33. The molecule has 1 aliphatic heterocycles. The maximum Gasteiger partial charge on any atom is 0.225 e. The molecule has 0 aromatic heterocycles. The van der Waals surface area contributed by atoms with Crippen molar-refractivity contribution in [3.05, 3.63) is 47.5 Å². The molecule has 1 atom stereocenters. The Morgan fingerprint density at radius 3 is 2.06 bits per heavy atom. The summed E-state index contributed by atoms with van der Waals surface area (Å²) in [6.45, 7) is 1.33. The lowest BCUT2D eigenvalue weighted by atomic mass is 10.1. The molecule has 0 saturated carbocycles. The standard InChI is InChI=1S/C24H30N2O6/c1-29-19-7-5-16(11-21(19)31-3)9-10-26-15-18(13-23(26)27)24(28)25-14-17-6-8-20(30-2)22(12-17)32-4/h5-8,11-12,18H,9-10,13-15H2,1-4H3,(H,25,28)/t18-/m0/s1. The van der Waals surface area contributed by atoms with E-state index in [1.54, 1.807) is 39.4 Å². The third-order valence-electron chi connectivity index (χ3n) is 5.62. The van der Waals surface area contributed by atoms with Gasteiger partial charge in [-0.2, -0.15) is 0 Å². The molecule has 8 nitrogen and oxygen atoms in total. The molecular weight excluding hydrogens is 412 g/mol. The predicted molar refractivity (Wildman–Crippen MR) is 119 cm³/mol. The van der Waals surface area contributed by atoms with Crippen LogP contribution in [0.3, 0.4) is 0 Å². The number of hydrogen-bond donors (Lipinski definition) is 1. The molecule has 1 aliphatic rings. The van der Waals surface area contributed by atoms with Crippen LogP contribution in [0.15, 0.2) is 36.4 Å². The van der Waals surface area contributed by atoms with Gasteiger partial charge < -0.3 is 29.2 Å². The summed E-state index contributed by atoms with van der Waals surface area (Å²) in [5.74, 6) is 2.09. The molecule has 1 saturated heterocycles. The van der Waals surface area contributed by atoms with Crippen LogP contribution in [0.25, 0.3) is 0 Å². The number of rotatable bonds is 10. The van der Waals surface area contributed by atoms with Crippen molar-refractivity contribution in [2.45, 2.75) is 19.4 Å². The van der Waals surface area contributed by atoms with Gasteiger partial charge in [0.15, 0.2) is 23.0 Å². The van der Waals surface area contributed by atoms with Crippen molar-refractivity contribution in [2.24, 2.45) is 5.92 Å². The number of methoxy groups -OCH3 is 4. The van der Waals surface area contributed by atoms with Gasteiger partial charge in [-0.15, -0.1) is 0 Å². The fourth-order valence-electron chi connectivity index (χ4n) is 3.79. The van der Waals surface area contributed by atoms with Crippen molar-refractivity contribution in [2.75, 3.05) is 41.5 Å². The van der Waals surface area contributed by atoms with Crippen LogP contribution < -0.4 is 24.3 Å². The molecule has 0 aliphatic carbocycles. The van der Waals surface area contributed by atoms with Crippen molar-refractivity contribution in [1.82, 2.24) is 10.2 Å². The zero-order valence-corrected chi connectivity index (χ0v) is 19.0. The Balaban J connectivity index is 1.52. The number of likely N-dealkylation sites (tertiary alicyclic amines) is 1. The van der Waals surface area contributed by atoms with Crippen LogP contribution >= 0.6 is 0 Å². The Hall–Kier alpha value is -3.42. The van der Waals surface area contributed by atoms with Gasteiger partial charge in [0.25, 0.3) is 0 Å². The van der Waals surface area contributed by atoms with E-state index in [1.807, 2.05) is 30.3 Å². The first-order valence-corrected chi connectivity index (χ1v) is 10.5. The van der Waals surface area contributed by atoms with Crippen molar-refractivity contribution >= 4 is 11.8 Å². The third-order valence-corrected chi connectivity index (χ3v) is 5.62. The highest BCUT2D eigenvalue weighted by molar-refractivity contribution is 5.89. The van der Waals surface area contributed by atoms with E-state index in [2.05, 4.69) is 5.32 Å². The summed E-state index contributed by atoms with van der Waals surface area (Å²) >= 11 is 0.